The predicted molar refractivity (Wildman–Crippen MR) is 59.9 cm³/mol. The van der Waals surface area contributed by atoms with Crippen molar-refractivity contribution in [2.45, 2.75) is 18.4 Å². The van der Waals surface area contributed by atoms with Crippen LogP contribution in [0, 0.1) is 0 Å². The molecule has 0 aromatic heterocycles. The van der Waals surface area contributed by atoms with Crippen molar-refractivity contribution in [1.29, 1.82) is 0 Å². The van der Waals surface area contributed by atoms with E-state index in [0.29, 0.717) is 0 Å². The molecule has 4 N–H and O–H groups in total. The van der Waals surface area contributed by atoms with Gasteiger partial charge < -0.3 is 24.4 Å². The molecular weight excluding hydrogens is 282 g/mol. The fourth-order valence-electron chi connectivity index (χ4n) is 1.03. The van der Waals surface area contributed by atoms with Crippen molar-refractivity contribution in [1.82, 2.24) is 0 Å². The Bertz CT molecular complexity index is 351. The van der Waals surface area contributed by atoms with Gasteiger partial charge in [-0.2, -0.15) is 0 Å². The zero-order chi connectivity index (χ0) is 11.2. The maximum absolute atomic E-state index is 11.0. The van der Waals surface area contributed by atoms with Crippen LogP contribution in [0.15, 0.2) is 5.16 Å². The zero-order valence-corrected chi connectivity index (χ0v) is 8.85. The van der Waals surface area contributed by atoms with E-state index in [2.05, 4.69) is 9.99 Å². The first-order chi connectivity index (χ1) is 6.10. The van der Waals surface area contributed by atoms with E-state index in [-0.39, 0.29) is 64.8 Å². The molecular formula is C4H11NNa2O7P2. The number of nitrogens with zero attached hydrogens (tertiary/aromatic N) is 1. The van der Waals surface area contributed by atoms with Gasteiger partial charge in [-0.1, -0.05) is 5.16 Å². The second-order valence-corrected chi connectivity index (χ2v) is 6.90. The first kappa shape index (κ1) is 20.1. The summed E-state index contributed by atoms with van der Waals surface area (Å²) in [5.74, 6) is 0. The number of hydrogen-bond acceptors (Lipinski definition) is 4. The van der Waals surface area contributed by atoms with Crippen molar-refractivity contribution >= 4 is 80.0 Å². The van der Waals surface area contributed by atoms with Gasteiger partial charge in [0.05, 0.1) is 12.1 Å². The Labute approximate surface area is 136 Å². The summed E-state index contributed by atoms with van der Waals surface area (Å²) in [6, 6.07) is 0. The molecule has 12 heteroatoms. The van der Waals surface area contributed by atoms with Crippen LogP contribution in [0.3, 0.4) is 0 Å². The molecule has 0 bridgehead atoms. The third-order valence-corrected chi connectivity index (χ3v) is 5.61. The van der Waals surface area contributed by atoms with E-state index < -0.39 is 26.7 Å². The molecule has 0 unspecified atom stereocenters. The van der Waals surface area contributed by atoms with Crippen molar-refractivity contribution < 1.29 is 33.5 Å². The fraction of sp³-hybridized carbons (Fsp3) is 0.750. The summed E-state index contributed by atoms with van der Waals surface area (Å²) in [4.78, 5) is 39.6. The predicted octanol–water partition coefficient (Wildman–Crippen LogP) is -1.51. The van der Waals surface area contributed by atoms with Crippen molar-refractivity contribution in [3.8, 4) is 0 Å². The number of hydrogen-bond donors (Lipinski definition) is 4. The van der Waals surface area contributed by atoms with Gasteiger partial charge in [-0.15, -0.1) is 0 Å². The van der Waals surface area contributed by atoms with Crippen LogP contribution in [0.4, 0.5) is 0 Å². The van der Waals surface area contributed by atoms with Crippen molar-refractivity contribution in [3.05, 3.63) is 0 Å². The summed E-state index contributed by atoms with van der Waals surface area (Å²) in [5, 5.41) is 0.326. The van der Waals surface area contributed by atoms with Gasteiger partial charge in [-0.05, 0) is 6.92 Å². The van der Waals surface area contributed by atoms with Gasteiger partial charge in [-0.3, -0.25) is 9.13 Å². The van der Waals surface area contributed by atoms with E-state index in [1.165, 1.54) is 6.92 Å². The van der Waals surface area contributed by atoms with Crippen LogP contribution >= 0.6 is 15.2 Å². The summed E-state index contributed by atoms with van der Waals surface area (Å²) in [7, 11) is -10.2. The number of oxime groups is 1. The number of rotatable bonds is 2. The fourth-order valence-corrected chi connectivity index (χ4v) is 3.55. The molecule has 16 heavy (non-hydrogen) atoms. The second-order valence-electron chi connectivity index (χ2n) is 2.93. The van der Waals surface area contributed by atoms with Gasteiger partial charge in [0.25, 0.3) is 0 Å². The average Bonchev–Trinajstić information content (AvgIpc) is 2.28. The van der Waals surface area contributed by atoms with Gasteiger partial charge >= 0.3 is 79.4 Å². The molecule has 0 fully saturated rings. The Morgan fingerprint density at radius 2 is 1.56 bits per heavy atom. The average molecular weight is 293 g/mol. The molecule has 0 atom stereocenters. The van der Waals surface area contributed by atoms with E-state index >= 15 is 0 Å². The minimum atomic E-state index is -5.10. The van der Waals surface area contributed by atoms with Crippen molar-refractivity contribution in [2.75, 3.05) is 0 Å². The van der Waals surface area contributed by atoms with Crippen LogP contribution in [0.5, 0.6) is 0 Å². The van der Waals surface area contributed by atoms with Crippen LogP contribution in [0.1, 0.15) is 13.3 Å². The van der Waals surface area contributed by atoms with E-state index in [1.54, 1.807) is 0 Å². The summed E-state index contributed by atoms with van der Waals surface area (Å²) < 4.78 is 21.9. The Balaban J connectivity index is 0. The summed E-state index contributed by atoms with van der Waals surface area (Å²) >= 11 is 0. The molecule has 0 aliphatic carbocycles. The van der Waals surface area contributed by atoms with Gasteiger partial charge in [0.2, 0.25) is 0 Å². The molecule has 86 valence electrons. The summed E-state index contributed by atoms with van der Waals surface area (Å²) in [6.45, 7) is 1.35. The van der Waals surface area contributed by atoms with E-state index in [0.717, 1.165) is 0 Å². The molecule has 0 aromatic carbocycles. The molecule has 1 aliphatic rings. The normalized spacial score (nSPS) is 18.9. The van der Waals surface area contributed by atoms with Crippen LogP contribution < -0.4 is 0 Å². The molecule has 0 aromatic rings. The third-order valence-electron chi connectivity index (χ3n) is 1.74. The van der Waals surface area contributed by atoms with E-state index in [9.17, 15) is 9.13 Å². The van der Waals surface area contributed by atoms with Gasteiger partial charge in [0.15, 0.2) is 0 Å². The van der Waals surface area contributed by atoms with Crippen molar-refractivity contribution in [3.63, 3.8) is 0 Å². The van der Waals surface area contributed by atoms with Gasteiger partial charge in [0.1, 0.15) is 0 Å². The van der Waals surface area contributed by atoms with Crippen LogP contribution in [0.25, 0.3) is 0 Å². The van der Waals surface area contributed by atoms with Crippen LogP contribution in [-0.2, 0) is 14.0 Å². The molecule has 0 spiro atoms. The van der Waals surface area contributed by atoms with Crippen LogP contribution in [0.2, 0.25) is 0 Å². The topological polar surface area (TPSA) is 137 Å². The first-order valence-corrected chi connectivity index (χ1v) is 6.65. The zero-order valence-electron chi connectivity index (χ0n) is 7.06. The summed E-state index contributed by atoms with van der Waals surface area (Å²) in [6.07, 6.45) is -0.582. The molecule has 0 radical (unpaired) electrons. The Kier molecular flexibility index (Phi) is 7.89. The first-order valence-electron chi connectivity index (χ1n) is 3.43. The monoisotopic (exact) mass is 293 g/mol. The molecule has 0 saturated heterocycles. The molecule has 1 rings (SSSR count). The summed E-state index contributed by atoms with van der Waals surface area (Å²) in [5.41, 5.74) is 0.122. The Morgan fingerprint density at radius 1 is 1.19 bits per heavy atom. The molecule has 0 saturated carbocycles. The molecule has 0 amide bonds. The van der Waals surface area contributed by atoms with Crippen LogP contribution in [-0.4, -0.2) is 89.5 Å². The van der Waals surface area contributed by atoms with Gasteiger partial charge in [-0.25, -0.2) is 0 Å². The Hall–Kier alpha value is 1.77. The Morgan fingerprint density at radius 3 is 1.69 bits per heavy atom. The maximum atomic E-state index is 11.0. The molecule has 8 nitrogen and oxygen atoms in total. The van der Waals surface area contributed by atoms with Crippen molar-refractivity contribution in [2.24, 2.45) is 5.16 Å². The SMILES string of the molecule is CC1=NOC(P(=O)(O)O)(P(=O)(O)O)C1.[NaH].[NaH]. The second kappa shape index (κ2) is 6.28. The van der Waals surface area contributed by atoms with E-state index in [4.69, 9.17) is 19.6 Å². The minimum absolute atomic E-state index is 0. The molecule has 1 heterocycles. The van der Waals surface area contributed by atoms with Gasteiger partial charge in [0, 0.05) is 0 Å². The molecule has 1 aliphatic heterocycles. The quantitative estimate of drug-likeness (QED) is 0.359. The standard InChI is InChI=1S/C4H9NO7P2.2Na.2H/c1-3-2-4(12-5-3,13(6,7)8)14(9,10)11;;;;/h2H2,1H3,(H2,6,7,8)(H2,9,10,11);;;;. The third kappa shape index (κ3) is 3.63. The van der Waals surface area contributed by atoms with E-state index in [1.807, 2.05) is 0 Å².